The molecule has 4 nitrogen and oxygen atoms in total. The van der Waals surface area contributed by atoms with Gasteiger partial charge in [-0.05, 0) is 34.1 Å². The monoisotopic (exact) mass is 302 g/mol. The minimum Gasteiger partial charge on any atom is -0.266 e. The Morgan fingerprint density at radius 2 is 1.94 bits per heavy atom. The molecule has 0 amide bonds. The second kappa shape index (κ2) is 4.78. The van der Waals surface area contributed by atoms with E-state index in [0.717, 1.165) is 15.9 Å². The summed E-state index contributed by atoms with van der Waals surface area (Å²) in [6, 6.07) is 12.1. The van der Waals surface area contributed by atoms with Crippen LogP contribution in [-0.2, 0) is 6.54 Å². The maximum atomic E-state index is 4.53. The Labute approximate surface area is 113 Å². The Bertz CT molecular complexity index is 642. The van der Waals surface area contributed by atoms with Gasteiger partial charge in [0.2, 0.25) is 0 Å². The van der Waals surface area contributed by atoms with E-state index in [1.165, 1.54) is 0 Å². The molecule has 0 spiro atoms. The Morgan fingerprint density at radius 3 is 2.67 bits per heavy atom. The van der Waals surface area contributed by atoms with Crippen molar-refractivity contribution in [3.63, 3.8) is 0 Å². The lowest BCUT2D eigenvalue weighted by molar-refractivity contribution is 0.662. The third kappa shape index (κ3) is 2.36. The van der Waals surface area contributed by atoms with Crippen LogP contribution in [0.15, 0.2) is 59.5 Å². The molecule has 90 valence electrons. The molecule has 1 aromatic carbocycles. The zero-order chi connectivity index (χ0) is 12.4. The van der Waals surface area contributed by atoms with E-state index >= 15 is 0 Å². The Morgan fingerprint density at radius 1 is 1.11 bits per heavy atom. The van der Waals surface area contributed by atoms with E-state index in [0.29, 0.717) is 6.54 Å². The molecular formula is C13H11BrN4. The minimum absolute atomic E-state index is 0.672. The molecule has 3 rings (SSSR count). The van der Waals surface area contributed by atoms with Crippen molar-refractivity contribution in [2.75, 3.05) is 0 Å². The van der Waals surface area contributed by atoms with Crippen molar-refractivity contribution in [3.8, 4) is 5.69 Å². The lowest BCUT2D eigenvalue weighted by Crippen LogP contribution is -2.02. The van der Waals surface area contributed by atoms with Crippen molar-refractivity contribution < 1.29 is 0 Å². The number of rotatable bonds is 3. The highest BCUT2D eigenvalue weighted by atomic mass is 79.9. The summed E-state index contributed by atoms with van der Waals surface area (Å²) in [5, 5.41) is 8.74. The van der Waals surface area contributed by atoms with Gasteiger partial charge < -0.3 is 0 Å². The summed E-state index contributed by atoms with van der Waals surface area (Å²) in [6.07, 6.45) is 5.67. The molecule has 0 bridgehead atoms. The first-order valence-electron chi connectivity index (χ1n) is 5.59. The summed E-state index contributed by atoms with van der Waals surface area (Å²) in [6.45, 7) is 0.672. The van der Waals surface area contributed by atoms with Gasteiger partial charge >= 0.3 is 0 Å². The summed E-state index contributed by atoms with van der Waals surface area (Å²) in [4.78, 5) is 0. The zero-order valence-corrected chi connectivity index (χ0v) is 11.2. The summed E-state index contributed by atoms with van der Waals surface area (Å²) in [7, 11) is 0. The molecule has 3 aromatic rings. The molecule has 0 saturated carbocycles. The predicted molar refractivity (Wildman–Crippen MR) is 72.6 cm³/mol. The van der Waals surface area contributed by atoms with Crippen LogP contribution in [0.2, 0.25) is 0 Å². The highest BCUT2D eigenvalue weighted by molar-refractivity contribution is 9.10. The van der Waals surface area contributed by atoms with Gasteiger partial charge in [0.05, 0.1) is 28.6 Å². The molecule has 0 fully saturated rings. The number of hydrogen-bond acceptors (Lipinski definition) is 2. The van der Waals surface area contributed by atoms with E-state index in [1.807, 2.05) is 58.2 Å². The van der Waals surface area contributed by atoms with Crippen molar-refractivity contribution in [1.29, 1.82) is 0 Å². The fourth-order valence-corrected chi connectivity index (χ4v) is 2.09. The summed E-state index contributed by atoms with van der Waals surface area (Å²) in [5.74, 6) is 0. The molecule has 0 aliphatic carbocycles. The molecule has 5 heteroatoms. The molecule has 18 heavy (non-hydrogen) atoms. The molecule has 2 heterocycles. The molecule has 0 radical (unpaired) electrons. The fourth-order valence-electron chi connectivity index (χ4n) is 1.76. The highest BCUT2D eigenvalue weighted by Gasteiger charge is 2.02. The molecule has 0 unspecified atom stereocenters. The Balaban J connectivity index is 1.82. The van der Waals surface area contributed by atoms with Crippen molar-refractivity contribution >= 4 is 15.9 Å². The van der Waals surface area contributed by atoms with Gasteiger partial charge in [-0.3, -0.25) is 4.68 Å². The average Bonchev–Trinajstić information content (AvgIpc) is 3.01. The van der Waals surface area contributed by atoms with E-state index in [9.17, 15) is 0 Å². The Hall–Kier alpha value is -1.88. The molecular weight excluding hydrogens is 292 g/mol. The second-order valence-corrected chi connectivity index (χ2v) is 4.86. The van der Waals surface area contributed by atoms with Gasteiger partial charge in [0, 0.05) is 12.4 Å². The average molecular weight is 303 g/mol. The van der Waals surface area contributed by atoms with Gasteiger partial charge in [0.1, 0.15) is 0 Å². The molecule has 0 aliphatic heterocycles. The summed E-state index contributed by atoms with van der Waals surface area (Å²) in [5.41, 5.74) is 2.04. The van der Waals surface area contributed by atoms with Crippen LogP contribution in [0.1, 0.15) is 5.69 Å². The van der Waals surface area contributed by atoms with Crippen LogP contribution in [0, 0.1) is 0 Å². The number of hydrogen-bond donors (Lipinski definition) is 0. The van der Waals surface area contributed by atoms with Crippen molar-refractivity contribution in [2.24, 2.45) is 0 Å². The molecule has 0 aliphatic rings. The van der Waals surface area contributed by atoms with Crippen molar-refractivity contribution in [1.82, 2.24) is 19.6 Å². The van der Waals surface area contributed by atoms with Crippen LogP contribution in [0.4, 0.5) is 0 Å². The van der Waals surface area contributed by atoms with Gasteiger partial charge in [0.15, 0.2) is 0 Å². The van der Waals surface area contributed by atoms with Crippen LogP contribution in [-0.4, -0.2) is 19.6 Å². The maximum Gasteiger partial charge on any atom is 0.0850 e. The van der Waals surface area contributed by atoms with Gasteiger partial charge in [-0.15, -0.1) is 0 Å². The van der Waals surface area contributed by atoms with Crippen molar-refractivity contribution in [2.45, 2.75) is 6.54 Å². The normalized spacial score (nSPS) is 10.7. The van der Waals surface area contributed by atoms with Gasteiger partial charge in [-0.25, -0.2) is 4.68 Å². The van der Waals surface area contributed by atoms with Crippen molar-refractivity contribution in [3.05, 3.63) is 65.2 Å². The summed E-state index contributed by atoms with van der Waals surface area (Å²) < 4.78 is 4.69. The number of aromatic nitrogens is 4. The van der Waals surface area contributed by atoms with Crippen LogP contribution < -0.4 is 0 Å². The standard InChI is InChI=1S/C13H11BrN4/c14-11-8-15-17(9-11)10-12-6-7-18(16-12)13-4-2-1-3-5-13/h1-9H,10H2. The number of nitrogens with zero attached hydrogens (tertiary/aromatic N) is 4. The van der Waals surface area contributed by atoms with Gasteiger partial charge in [-0.2, -0.15) is 10.2 Å². The third-order valence-electron chi connectivity index (χ3n) is 2.59. The maximum absolute atomic E-state index is 4.53. The smallest absolute Gasteiger partial charge is 0.0850 e. The van der Waals surface area contributed by atoms with E-state index in [2.05, 4.69) is 26.1 Å². The molecule has 0 N–H and O–H groups in total. The van der Waals surface area contributed by atoms with Gasteiger partial charge in [-0.1, -0.05) is 18.2 Å². The number of halogens is 1. The second-order valence-electron chi connectivity index (χ2n) is 3.94. The first-order valence-corrected chi connectivity index (χ1v) is 6.38. The lowest BCUT2D eigenvalue weighted by Gasteiger charge is -2.00. The Kier molecular flexibility index (Phi) is 2.98. The summed E-state index contributed by atoms with van der Waals surface area (Å²) >= 11 is 3.38. The number of benzene rings is 1. The molecule has 0 atom stereocenters. The fraction of sp³-hybridized carbons (Fsp3) is 0.0769. The van der Waals surface area contributed by atoms with E-state index in [-0.39, 0.29) is 0 Å². The molecule has 0 saturated heterocycles. The largest absolute Gasteiger partial charge is 0.266 e. The van der Waals surface area contributed by atoms with Gasteiger partial charge in [0.25, 0.3) is 0 Å². The highest BCUT2D eigenvalue weighted by Crippen LogP contribution is 2.10. The number of para-hydroxylation sites is 1. The lowest BCUT2D eigenvalue weighted by atomic mass is 10.3. The zero-order valence-electron chi connectivity index (χ0n) is 9.57. The molecule has 2 aromatic heterocycles. The SMILES string of the molecule is Brc1cnn(Cc2ccn(-c3ccccc3)n2)c1. The minimum atomic E-state index is 0.672. The first-order chi connectivity index (χ1) is 8.81. The quantitative estimate of drug-likeness (QED) is 0.746. The van der Waals surface area contributed by atoms with Crippen LogP contribution >= 0.6 is 15.9 Å². The topological polar surface area (TPSA) is 35.6 Å². The first kappa shape index (κ1) is 11.2. The van der Waals surface area contributed by atoms with E-state index < -0.39 is 0 Å². The van der Waals surface area contributed by atoms with Crippen LogP contribution in [0.5, 0.6) is 0 Å². The predicted octanol–water partition coefficient (Wildman–Crippen LogP) is 2.88. The van der Waals surface area contributed by atoms with E-state index in [1.54, 1.807) is 6.20 Å². The van der Waals surface area contributed by atoms with Crippen LogP contribution in [0.25, 0.3) is 5.69 Å². The third-order valence-corrected chi connectivity index (χ3v) is 3.00. The van der Waals surface area contributed by atoms with Crippen LogP contribution in [0.3, 0.4) is 0 Å². The van der Waals surface area contributed by atoms with E-state index in [4.69, 9.17) is 0 Å².